The van der Waals surface area contributed by atoms with Gasteiger partial charge in [0.25, 0.3) is 0 Å². The number of rotatable bonds is 3. The normalized spacial score (nSPS) is 24.2. The van der Waals surface area contributed by atoms with Gasteiger partial charge < -0.3 is 15.4 Å². The molecule has 1 aliphatic heterocycles. The second kappa shape index (κ2) is 6.06. The summed E-state index contributed by atoms with van der Waals surface area (Å²) in [6, 6.07) is 7.70. The molecule has 1 amide bonds. The van der Waals surface area contributed by atoms with Gasteiger partial charge in [-0.1, -0.05) is 18.2 Å². The fourth-order valence-corrected chi connectivity index (χ4v) is 2.86. The average Bonchev–Trinajstić information content (AvgIpc) is 2.57. The molecule has 2 atom stereocenters. The highest BCUT2D eigenvalue weighted by molar-refractivity contribution is 5.77. The van der Waals surface area contributed by atoms with E-state index < -0.39 is 0 Å². The zero-order valence-electron chi connectivity index (χ0n) is 11.6. The molecule has 0 bridgehead atoms. The highest BCUT2D eigenvalue weighted by Gasteiger charge is 2.33. The van der Waals surface area contributed by atoms with E-state index in [1.807, 2.05) is 36.1 Å². The minimum Gasteiger partial charge on any atom is -0.496 e. The number of carbonyl (C=O) groups excluding carboxylic acids is 1. The standard InChI is InChI=1S/C15H22N2O2/c1-3-17-14(18)10-6-8-12(16)15(17)11-7-4-5-9-13(11)19-2/h4-5,7,9,12,15H,3,6,8,10,16H2,1-2H3. The summed E-state index contributed by atoms with van der Waals surface area (Å²) < 4.78 is 5.42. The molecule has 104 valence electrons. The average molecular weight is 262 g/mol. The van der Waals surface area contributed by atoms with Crippen LogP contribution in [0.1, 0.15) is 37.8 Å². The number of nitrogens with zero attached hydrogens (tertiary/aromatic N) is 1. The van der Waals surface area contributed by atoms with Gasteiger partial charge in [0.2, 0.25) is 5.91 Å². The third-order valence-electron chi connectivity index (χ3n) is 3.79. The maximum absolute atomic E-state index is 12.2. The molecule has 4 heteroatoms. The molecule has 2 N–H and O–H groups in total. The number of hydrogen-bond acceptors (Lipinski definition) is 3. The Balaban J connectivity index is 2.44. The summed E-state index contributed by atoms with van der Waals surface area (Å²) in [4.78, 5) is 14.1. The van der Waals surface area contributed by atoms with Gasteiger partial charge in [-0.2, -0.15) is 0 Å². The summed E-state index contributed by atoms with van der Waals surface area (Å²) in [5.41, 5.74) is 7.32. The summed E-state index contributed by atoms with van der Waals surface area (Å²) in [5.74, 6) is 0.988. The topological polar surface area (TPSA) is 55.6 Å². The summed E-state index contributed by atoms with van der Waals surface area (Å²) in [7, 11) is 1.65. The molecule has 4 nitrogen and oxygen atoms in total. The monoisotopic (exact) mass is 262 g/mol. The SMILES string of the molecule is CCN1C(=O)CCCC(N)C1c1ccccc1OC. The number of carbonyl (C=O) groups is 1. The van der Waals surface area contributed by atoms with Crippen LogP contribution in [-0.4, -0.2) is 30.5 Å². The summed E-state index contributed by atoms with van der Waals surface area (Å²) in [5, 5.41) is 0. The first-order valence-electron chi connectivity index (χ1n) is 6.87. The molecule has 1 saturated heterocycles. The van der Waals surface area contributed by atoms with Crippen LogP contribution in [0.4, 0.5) is 0 Å². The van der Waals surface area contributed by atoms with Gasteiger partial charge in [0.1, 0.15) is 5.75 Å². The lowest BCUT2D eigenvalue weighted by Gasteiger charge is -2.33. The Labute approximate surface area is 114 Å². The van der Waals surface area contributed by atoms with E-state index in [0.717, 1.165) is 24.2 Å². The van der Waals surface area contributed by atoms with Crippen molar-refractivity contribution in [2.45, 2.75) is 38.3 Å². The van der Waals surface area contributed by atoms with Crippen molar-refractivity contribution < 1.29 is 9.53 Å². The minimum atomic E-state index is -0.0869. The van der Waals surface area contributed by atoms with E-state index in [4.69, 9.17) is 10.5 Å². The molecular formula is C15H22N2O2. The number of likely N-dealkylation sites (tertiary alicyclic amines) is 1. The number of ether oxygens (including phenoxy) is 1. The van der Waals surface area contributed by atoms with E-state index in [1.54, 1.807) is 7.11 Å². The second-order valence-corrected chi connectivity index (χ2v) is 4.92. The predicted molar refractivity (Wildman–Crippen MR) is 74.9 cm³/mol. The molecular weight excluding hydrogens is 240 g/mol. The van der Waals surface area contributed by atoms with Crippen LogP contribution in [0.3, 0.4) is 0 Å². The van der Waals surface area contributed by atoms with E-state index in [1.165, 1.54) is 0 Å². The predicted octanol–water partition coefficient (Wildman–Crippen LogP) is 2.10. The first kappa shape index (κ1) is 13.9. The summed E-state index contributed by atoms with van der Waals surface area (Å²) in [6.07, 6.45) is 2.32. The van der Waals surface area contributed by atoms with Crippen molar-refractivity contribution in [3.8, 4) is 5.75 Å². The maximum Gasteiger partial charge on any atom is 0.223 e. The van der Waals surface area contributed by atoms with Crippen molar-refractivity contribution in [2.24, 2.45) is 5.73 Å². The number of nitrogens with two attached hydrogens (primary N) is 1. The van der Waals surface area contributed by atoms with Gasteiger partial charge in [-0.25, -0.2) is 0 Å². The van der Waals surface area contributed by atoms with Crippen LogP contribution in [0, 0.1) is 0 Å². The highest BCUT2D eigenvalue weighted by atomic mass is 16.5. The van der Waals surface area contributed by atoms with Crippen LogP contribution < -0.4 is 10.5 Å². The number of hydrogen-bond donors (Lipinski definition) is 1. The molecule has 0 saturated carbocycles. The molecule has 19 heavy (non-hydrogen) atoms. The molecule has 1 aromatic carbocycles. The van der Waals surface area contributed by atoms with Crippen molar-refractivity contribution in [1.29, 1.82) is 0 Å². The number of para-hydroxylation sites is 1. The Hall–Kier alpha value is -1.55. The van der Waals surface area contributed by atoms with E-state index in [2.05, 4.69) is 0 Å². The Kier molecular flexibility index (Phi) is 4.43. The number of benzene rings is 1. The minimum absolute atomic E-state index is 0.0392. The Morgan fingerprint density at radius 2 is 2.16 bits per heavy atom. The molecule has 2 unspecified atom stereocenters. The van der Waals surface area contributed by atoms with Crippen LogP contribution in [-0.2, 0) is 4.79 Å². The van der Waals surface area contributed by atoms with Gasteiger partial charge in [0, 0.05) is 24.6 Å². The second-order valence-electron chi connectivity index (χ2n) is 4.92. The van der Waals surface area contributed by atoms with Crippen LogP contribution >= 0.6 is 0 Å². The summed E-state index contributed by atoms with van der Waals surface area (Å²) >= 11 is 0. The van der Waals surface area contributed by atoms with Gasteiger partial charge in [-0.15, -0.1) is 0 Å². The quantitative estimate of drug-likeness (QED) is 0.907. The van der Waals surface area contributed by atoms with Gasteiger partial charge in [-0.3, -0.25) is 4.79 Å². The molecule has 1 aliphatic rings. The van der Waals surface area contributed by atoms with Crippen LogP contribution in [0.15, 0.2) is 24.3 Å². The van der Waals surface area contributed by atoms with Crippen LogP contribution in [0.5, 0.6) is 5.75 Å². The smallest absolute Gasteiger partial charge is 0.223 e. The van der Waals surface area contributed by atoms with E-state index in [-0.39, 0.29) is 18.0 Å². The first-order valence-corrected chi connectivity index (χ1v) is 6.87. The Morgan fingerprint density at radius 3 is 2.84 bits per heavy atom. The largest absolute Gasteiger partial charge is 0.496 e. The van der Waals surface area contributed by atoms with Crippen molar-refractivity contribution in [2.75, 3.05) is 13.7 Å². The zero-order chi connectivity index (χ0) is 13.8. The fourth-order valence-electron chi connectivity index (χ4n) is 2.86. The molecule has 0 spiro atoms. The first-order chi connectivity index (χ1) is 9.19. The van der Waals surface area contributed by atoms with E-state index in [9.17, 15) is 4.79 Å². The van der Waals surface area contributed by atoms with Crippen molar-refractivity contribution in [3.05, 3.63) is 29.8 Å². The molecule has 1 fully saturated rings. The molecule has 1 heterocycles. The van der Waals surface area contributed by atoms with Gasteiger partial charge in [0.15, 0.2) is 0 Å². The number of methoxy groups -OCH3 is 1. The molecule has 0 radical (unpaired) electrons. The summed E-state index contributed by atoms with van der Waals surface area (Å²) in [6.45, 7) is 2.67. The number of likely N-dealkylation sites (N-methyl/N-ethyl adjacent to an activating group) is 1. The zero-order valence-corrected chi connectivity index (χ0v) is 11.6. The highest BCUT2D eigenvalue weighted by Crippen LogP contribution is 2.34. The Bertz CT molecular complexity index is 448. The fraction of sp³-hybridized carbons (Fsp3) is 0.533. The maximum atomic E-state index is 12.2. The van der Waals surface area contributed by atoms with Gasteiger partial charge in [0.05, 0.1) is 13.2 Å². The molecule has 0 aromatic heterocycles. The van der Waals surface area contributed by atoms with Crippen molar-refractivity contribution in [3.63, 3.8) is 0 Å². The third kappa shape index (κ3) is 2.73. The van der Waals surface area contributed by atoms with Crippen LogP contribution in [0.25, 0.3) is 0 Å². The molecule has 1 aromatic rings. The third-order valence-corrected chi connectivity index (χ3v) is 3.79. The molecule has 2 rings (SSSR count). The number of amides is 1. The lowest BCUT2D eigenvalue weighted by molar-refractivity contribution is -0.133. The van der Waals surface area contributed by atoms with Crippen LogP contribution in [0.2, 0.25) is 0 Å². The van der Waals surface area contributed by atoms with Gasteiger partial charge in [-0.05, 0) is 25.8 Å². The van der Waals surface area contributed by atoms with Crippen molar-refractivity contribution in [1.82, 2.24) is 4.90 Å². The van der Waals surface area contributed by atoms with E-state index >= 15 is 0 Å². The van der Waals surface area contributed by atoms with Crippen molar-refractivity contribution >= 4 is 5.91 Å². The van der Waals surface area contributed by atoms with Gasteiger partial charge >= 0.3 is 0 Å². The van der Waals surface area contributed by atoms with E-state index in [0.29, 0.717) is 13.0 Å². The Morgan fingerprint density at radius 1 is 1.42 bits per heavy atom. The lowest BCUT2D eigenvalue weighted by atomic mass is 9.95. The lowest BCUT2D eigenvalue weighted by Crippen LogP contribution is -2.42. The molecule has 0 aliphatic carbocycles.